The van der Waals surface area contributed by atoms with E-state index in [9.17, 15) is 4.79 Å². The smallest absolute Gasteiger partial charge is 0.239 e. The summed E-state index contributed by atoms with van der Waals surface area (Å²) in [6.45, 7) is 5.20. The van der Waals surface area contributed by atoms with Gasteiger partial charge in [-0.05, 0) is 38.1 Å². The van der Waals surface area contributed by atoms with Crippen molar-refractivity contribution in [2.75, 3.05) is 19.6 Å². The van der Waals surface area contributed by atoms with Crippen LogP contribution in [-0.4, -0.2) is 36.5 Å². The molecule has 0 radical (unpaired) electrons. The summed E-state index contributed by atoms with van der Waals surface area (Å²) in [4.78, 5) is 14.2. The minimum Gasteiger partial charge on any atom is -0.341 e. The molecule has 0 aromatic carbocycles. The molecule has 2 aliphatic heterocycles. The summed E-state index contributed by atoms with van der Waals surface area (Å²) >= 11 is 0. The van der Waals surface area contributed by atoms with Gasteiger partial charge in [0.2, 0.25) is 5.91 Å². The van der Waals surface area contributed by atoms with Crippen molar-refractivity contribution in [1.29, 1.82) is 0 Å². The van der Waals surface area contributed by atoms with E-state index in [4.69, 9.17) is 0 Å². The van der Waals surface area contributed by atoms with Crippen molar-refractivity contribution in [3.63, 3.8) is 0 Å². The first kappa shape index (κ1) is 13.8. The van der Waals surface area contributed by atoms with E-state index in [1.54, 1.807) is 0 Å². The molecule has 0 spiro atoms. The second-order valence-corrected chi connectivity index (χ2v) is 5.03. The minimum atomic E-state index is 0. The molecule has 4 heteroatoms. The lowest BCUT2D eigenvalue weighted by atomic mass is 9.98. The molecule has 2 fully saturated rings. The molecule has 2 saturated heterocycles. The first-order chi connectivity index (χ1) is 7.27. The summed E-state index contributed by atoms with van der Waals surface area (Å²) in [5.74, 6) is 1.03. The van der Waals surface area contributed by atoms with E-state index in [2.05, 4.69) is 17.1 Å². The number of nitrogens with one attached hydrogen (secondary N) is 1. The zero-order chi connectivity index (χ0) is 10.7. The molecule has 0 aliphatic carbocycles. The predicted octanol–water partition coefficient (Wildman–Crippen LogP) is 1.81. The SMILES string of the molecule is CC1CCCN(C(=O)C2CCCCN2)C1.Cl. The van der Waals surface area contributed by atoms with Gasteiger partial charge in [0, 0.05) is 13.1 Å². The third-order valence-electron chi connectivity index (χ3n) is 3.58. The van der Waals surface area contributed by atoms with E-state index in [-0.39, 0.29) is 18.4 Å². The molecule has 2 aliphatic rings. The molecule has 0 bridgehead atoms. The van der Waals surface area contributed by atoms with Crippen molar-refractivity contribution in [3.8, 4) is 0 Å². The highest BCUT2D eigenvalue weighted by Gasteiger charge is 2.28. The molecule has 1 amide bonds. The second kappa shape index (κ2) is 6.45. The Kier molecular flexibility index (Phi) is 5.56. The number of halogens is 1. The molecule has 2 heterocycles. The normalized spacial score (nSPS) is 30.7. The number of amides is 1. The second-order valence-electron chi connectivity index (χ2n) is 5.03. The fraction of sp³-hybridized carbons (Fsp3) is 0.917. The number of carbonyl (C=O) groups is 1. The summed E-state index contributed by atoms with van der Waals surface area (Å²) in [7, 11) is 0. The van der Waals surface area contributed by atoms with Crippen LogP contribution in [0.1, 0.15) is 39.0 Å². The molecule has 16 heavy (non-hydrogen) atoms. The highest BCUT2D eigenvalue weighted by molar-refractivity contribution is 5.85. The van der Waals surface area contributed by atoms with Crippen LogP contribution in [0.2, 0.25) is 0 Å². The summed E-state index contributed by atoms with van der Waals surface area (Å²) < 4.78 is 0. The first-order valence-electron chi connectivity index (χ1n) is 6.29. The lowest BCUT2D eigenvalue weighted by molar-refractivity contribution is -0.135. The van der Waals surface area contributed by atoms with E-state index >= 15 is 0 Å². The molecule has 0 aromatic rings. The average Bonchev–Trinajstić information content (AvgIpc) is 2.29. The van der Waals surface area contributed by atoms with Crippen LogP contribution >= 0.6 is 12.4 Å². The van der Waals surface area contributed by atoms with Crippen molar-refractivity contribution in [3.05, 3.63) is 0 Å². The molecule has 0 saturated carbocycles. The van der Waals surface area contributed by atoms with Gasteiger partial charge in [-0.15, -0.1) is 12.4 Å². The number of rotatable bonds is 1. The molecule has 94 valence electrons. The maximum absolute atomic E-state index is 12.2. The molecular weight excluding hydrogens is 224 g/mol. The molecule has 2 rings (SSSR count). The monoisotopic (exact) mass is 246 g/mol. The molecule has 0 aromatic heterocycles. The van der Waals surface area contributed by atoms with Crippen LogP contribution in [0, 0.1) is 5.92 Å². The predicted molar refractivity (Wildman–Crippen MR) is 67.9 cm³/mol. The maximum Gasteiger partial charge on any atom is 0.239 e. The van der Waals surface area contributed by atoms with Crippen molar-refractivity contribution < 1.29 is 4.79 Å². The summed E-state index contributed by atoms with van der Waals surface area (Å²) in [5, 5.41) is 3.34. The molecule has 1 N–H and O–H groups in total. The van der Waals surface area contributed by atoms with Crippen molar-refractivity contribution >= 4 is 18.3 Å². The quantitative estimate of drug-likeness (QED) is 0.766. The number of nitrogens with zero attached hydrogens (tertiary/aromatic N) is 1. The van der Waals surface area contributed by atoms with Crippen molar-refractivity contribution in [2.45, 2.75) is 45.1 Å². The minimum absolute atomic E-state index is 0. The van der Waals surface area contributed by atoms with E-state index in [1.807, 2.05) is 0 Å². The van der Waals surface area contributed by atoms with Gasteiger partial charge in [0.15, 0.2) is 0 Å². The summed E-state index contributed by atoms with van der Waals surface area (Å²) in [6.07, 6.45) is 5.91. The molecule has 2 atom stereocenters. The van der Waals surface area contributed by atoms with Crippen LogP contribution in [0.25, 0.3) is 0 Å². The standard InChI is InChI=1S/C12H22N2O.ClH/c1-10-5-4-8-14(9-10)12(15)11-6-2-3-7-13-11;/h10-11,13H,2-9H2,1H3;1H. The van der Waals surface area contributed by atoms with E-state index in [0.717, 1.165) is 26.1 Å². The molecule has 2 unspecified atom stereocenters. The van der Waals surface area contributed by atoms with Crippen molar-refractivity contribution in [1.82, 2.24) is 10.2 Å². The van der Waals surface area contributed by atoms with Gasteiger partial charge in [0.05, 0.1) is 6.04 Å². The van der Waals surface area contributed by atoms with E-state index in [0.29, 0.717) is 11.8 Å². The van der Waals surface area contributed by atoms with Gasteiger partial charge in [-0.1, -0.05) is 13.3 Å². The third-order valence-corrected chi connectivity index (χ3v) is 3.58. The van der Waals surface area contributed by atoms with Gasteiger partial charge in [-0.25, -0.2) is 0 Å². The fourth-order valence-electron chi connectivity index (χ4n) is 2.67. The number of piperidine rings is 2. The number of likely N-dealkylation sites (tertiary alicyclic amines) is 1. The van der Waals surface area contributed by atoms with Gasteiger partial charge in [0.1, 0.15) is 0 Å². The van der Waals surface area contributed by atoms with Gasteiger partial charge in [-0.3, -0.25) is 4.79 Å². The Labute approximate surface area is 104 Å². The highest BCUT2D eigenvalue weighted by Crippen LogP contribution is 2.18. The Hall–Kier alpha value is -0.280. The van der Waals surface area contributed by atoms with Gasteiger partial charge in [0.25, 0.3) is 0 Å². The molecule has 3 nitrogen and oxygen atoms in total. The van der Waals surface area contributed by atoms with Crippen LogP contribution in [0.4, 0.5) is 0 Å². The largest absolute Gasteiger partial charge is 0.341 e. The van der Waals surface area contributed by atoms with Crippen LogP contribution in [-0.2, 0) is 4.79 Å². The van der Waals surface area contributed by atoms with Crippen LogP contribution in [0.5, 0.6) is 0 Å². The average molecular weight is 247 g/mol. The van der Waals surface area contributed by atoms with E-state index < -0.39 is 0 Å². The maximum atomic E-state index is 12.2. The number of hydrogen-bond acceptors (Lipinski definition) is 2. The highest BCUT2D eigenvalue weighted by atomic mass is 35.5. The Morgan fingerprint density at radius 1 is 1.25 bits per heavy atom. The van der Waals surface area contributed by atoms with Crippen LogP contribution < -0.4 is 5.32 Å². The first-order valence-corrected chi connectivity index (χ1v) is 6.29. The Morgan fingerprint density at radius 3 is 2.69 bits per heavy atom. The summed E-state index contributed by atoms with van der Waals surface area (Å²) in [5.41, 5.74) is 0. The number of hydrogen-bond donors (Lipinski definition) is 1. The third kappa shape index (κ3) is 3.36. The fourth-order valence-corrected chi connectivity index (χ4v) is 2.67. The van der Waals surface area contributed by atoms with Crippen LogP contribution in [0.3, 0.4) is 0 Å². The zero-order valence-electron chi connectivity index (χ0n) is 10.1. The van der Waals surface area contributed by atoms with Crippen molar-refractivity contribution in [2.24, 2.45) is 5.92 Å². The van der Waals surface area contributed by atoms with Crippen LogP contribution in [0.15, 0.2) is 0 Å². The van der Waals surface area contributed by atoms with E-state index in [1.165, 1.54) is 25.7 Å². The van der Waals surface area contributed by atoms with Gasteiger partial charge in [-0.2, -0.15) is 0 Å². The Balaban J connectivity index is 0.00000128. The topological polar surface area (TPSA) is 32.3 Å². The number of carbonyl (C=O) groups excluding carboxylic acids is 1. The lowest BCUT2D eigenvalue weighted by Crippen LogP contribution is -2.51. The Morgan fingerprint density at radius 2 is 2.06 bits per heavy atom. The van der Waals surface area contributed by atoms with Gasteiger partial charge < -0.3 is 10.2 Å². The molecular formula is C12H23ClN2O. The lowest BCUT2D eigenvalue weighted by Gasteiger charge is -2.35. The zero-order valence-corrected chi connectivity index (χ0v) is 10.9. The summed E-state index contributed by atoms with van der Waals surface area (Å²) in [6, 6.07) is 0.115. The Bertz CT molecular complexity index is 229. The van der Waals surface area contributed by atoms with Gasteiger partial charge >= 0.3 is 0 Å².